The van der Waals surface area contributed by atoms with Crippen molar-refractivity contribution in [3.8, 4) is 5.75 Å². The summed E-state index contributed by atoms with van der Waals surface area (Å²) in [5.41, 5.74) is 1.88. The van der Waals surface area contributed by atoms with Gasteiger partial charge < -0.3 is 9.30 Å². The van der Waals surface area contributed by atoms with E-state index in [1.165, 1.54) is 12.1 Å². The van der Waals surface area contributed by atoms with E-state index in [-0.39, 0.29) is 12.4 Å². The normalized spacial score (nSPS) is 10.6. The van der Waals surface area contributed by atoms with Gasteiger partial charge in [-0.15, -0.1) is 0 Å². The summed E-state index contributed by atoms with van der Waals surface area (Å²) < 4.78 is 21.2. The van der Waals surface area contributed by atoms with Crippen molar-refractivity contribution in [1.29, 1.82) is 0 Å². The van der Waals surface area contributed by atoms with Crippen LogP contribution in [0, 0.1) is 5.82 Å². The van der Waals surface area contributed by atoms with Crippen molar-refractivity contribution in [3.05, 3.63) is 88.7 Å². The van der Waals surface area contributed by atoms with Crippen LogP contribution in [0.5, 0.6) is 5.75 Å². The standard InChI is InChI=1S/C18H13Cl2FN2O/c1-12(23-7-6-22-11-23)16-9-15(21)4-5-18(16)24-10-13-2-3-14(19)8-17(13)20/h2-9,11H,1,10H2. The molecular weight excluding hydrogens is 350 g/mol. The number of nitrogens with zero attached hydrogens (tertiary/aromatic N) is 2. The van der Waals surface area contributed by atoms with Gasteiger partial charge in [-0.05, 0) is 30.3 Å². The minimum Gasteiger partial charge on any atom is -0.488 e. The third-order valence-corrected chi connectivity index (χ3v) is 4.05. The van der Waals surface area contributed by atoms with Gasteiger partial charge in [0.2, 0.25) is 0 Å². The lowest BCUT2D eigenvalue weighted by atomic mass is 10.1. The molecule has 1 aromatic heterocycles. The molecule has 24 heavy (non-hydrogen) atoms. The quantitative estimate of drug-likeness (QED) is 0.605. The van der Waals surface area contributed by atoms with Crippen LogP contribution in [0.2, 0.25) is 10.0 Å². The number of imidazole rings is 1. The number of halogens is 3. The highest BCUT2D eigenvalue weighted by Gasteiger charge is 2.12. The maximum Gasteiger partial charge on any atom is 0.129 e. The molecule has 0 atom stereocenters. The van der Waals surface area contributed by atoms with E-state index in [0.29, 0.717) is 27.1 Å². The van der Waals surface area contributed by atoms with Gasteiger partial charge in [0, 0.05) is 33.6 Å². The fourth-order valence-electron chi connectivity index (χ4n) is 2.21. The number of aromatic nitrogens is 2. The topological polar surface area (TPSA) is 27.1 Å². The second-order valence-corrected chi connectivity index (χ2v) is 5.93. The molecule has 0 saturated carbocycles. The monoisotopic (exact) mass is 362 g/mol. The Bertz CT molecular complexity index is 879. The van der Waals surface area contributed by atoms with Crippen LogP contribution in [0.1, 0.15) is 11.1 Å². The molecule has 0 saturated heterocycles. The highest BCUT2D eigenvalue weighted by atomic mass is 35.5. The molecule has 3 rings (SSSR count). The third-order valence-electron chi connectivity index (χ3n) is 3.47. The zero-order chi connectivity index (χ0) is 17.1. The molecule has 122 valence electrons. The Balaban J connectivity index is 1.87. The Morgan fingerprint density at radius 3 is 2.75 bits per heavy atom. The van der Waals surface area contributed by atoms with Gasteiger partial charge in [-0.25, -0.2) is 9.37 Å². The molecule has 0 unspecified atom stereocenters. The Kier molecular flexibility index (Phi) is 4.88. The molecule has 0 bridgehead atoms. The van der Waals surface area contributed by atoms with Gasteiger partial charge >= 0.3 is 0 Å². The fourth-order valence-corrected chi connectivity index (χ4v) is 2.67. The molecule has 0 radical (unpaired) electrons. The molecule has 0 aliphatic carbocycles. The molecule has 3 nitrogen and oxygen atoms in total. The predicted molar refractivity (Wildman–Crippen MR) is 93.9 cm³/mol. The molecule has 6 heteroatoms. The van der Waals surface area contributed by atoms with Crippen molar-refractivity contribution in [2.45, 2.75) is 6.61 Å². The van der Waals surface area contributed by atoms with E-state index in [1.54, 1.807) is 47.6 Å². The van der Waals surface area contributed by atoms with Crippen LogP contribution in [0.3, 0.4) is 0 Å². The summed E-state index contributed by atoms with van der Waals surface area (Å²) in [5, 5.41) is 1.07. The summed E-state index contributed by atoms with van der Waals surface area (Å²) in [6.45, 7) is 4.21. The summed E-state index contributed by atoms with van der Waals surface area (Å²) in [4.78, 5) is 3.97. The summed E-state index contributed by atoms with van der Waals surface area (Å²) in [6, 6.07) is 9.46. The van der Waals surface area contributed by atoms with E-state index in [4.69, 9.17) is 27.9 Å². The largest absolute Gasteiger partial charge is 0.488 e. The van der Waals surface area contributed by atoms with Gasteiger partial charge in [0.1, 0.15) is 18.2 Å². The van der Waals surface area contributed by atoms with Crippen molar-refractivity contribution < 1.29 is 9.13 Å². The van der Waals surface area contributed by atoms with Crippen LogP contribution in [-0.4, -0.2) is 9.55 Å². The minimum absolute atomic E-state index is 0.228. The summed E-state index contributed by atoms with van der Waals surface area (Å²) in [7, 11) is 0. The number of benzene rings is 2. The van der Waals surface area contributed by atoms with Gasteiger partial charge in [0.15, 0.2) is 0 Å². The van der Waals surface area contributed by atoms with E-state index in [1.807, 2.05) is 0 Å². The Hall–Kier alpha value is -2.30. The second kappa shape index (κ2) is 7.07. The lowest BCUT2D eigenvalue weighted by molar-refractivity contribution is 0.305. The Morgan fingerprint density at radius 2 is 2.04 bits per heavy atom. The van der Waals surface area contributed by atoms with Crippen molar-refractivity contribution in [2.24, 2.45) is 0 Å². The highest BCUT2D eigenvalue weighted by Crippen LogP contribution is 2.29. The van der Waals surface area contributed by atoms with Crippen LogP contribution >= 0.6 is 23.2 Å². The van der Waals surface area contributed by atoms with Crippen molar-refractivity contribution in [3.63, 3.8) is 0 Å². The van der Waals surface area contributed by atoms with Crippen molar-refractivity contribution >= 4 is 28.9 Å². The first-order chi connectivity index (χ1) is 11.5. The molecule has 1 heterocycles. The Morgan fingerprint density at radius 1 is 1.21 bits per heavy atom. The number of hydrogen-bond donors (Lipinski definition) is 0. The fraction of sp³-hybridized carbons (Fsp3) is 0.0556. The number of hydrogen-bond acceptors (Lipinski definition) is 2. The first kappa shape index (κ1) is 16.6. The van der Waals surface area contributed by atoms with Crippen LogP contribution in [0.15, 0.2) is 61.7 Å². The maximum atomic E-state index is 13.7. The molecule has 0 aliphatic rings. The lowest BCUT2D eigenvalue weighted by Gasteiger charge is -2.15. The summed E-state index contributed by atoms with van der Waals surface area (Å²) in [5.74, 6) is 0.129. The smallest absolute Gasteiger partial charge is 0.129 e. The molecule has 0 N–H and O–H groups in total. The van der Waals surface area contributed by atoms with Gasteiger partial charge in [-0.3, -0.25) is 0 Å². The molecular formula is C18H13Cl2FN2O. The minimum atomic E-state index is -0.372. The predicted octanol–water partition coefficient (Wildman–Crippen LogP) is 5.43. The molecule has 0 amide bonds. The number of ether oxygens (including phenoxy) is 1. The second-order valence-electron chi connectivity index (χ2n) is 5.08. The molecule has 2 aromatic carbocycles. The number of rotatable bonds is 5. The third kappa shape index (κ3) is 3.61. The van der Waals surface area contributed by atoms with Crippen LogP contribution in [0.4, 0.5) is 4.39 Å². The average molecular weight is 363 g/mol. The van der Waals surface area contributed by atoms with E-state index in [9.17, 15) is 4.39 Å². The van der Waals surface area contributed by atoms with Crippen LogP contribution in [0.25, 0.3) is 5.70 Å². The molecule has 0 spiro atoms. The SMILES string of the molecule is C=C(c1cc(F)ccc1OCc1ccc(Cl)cc1Cl)n1ccnc1. The van der Waals surface area contributed by atoms with Crippen molar-refractivity contribution in [1.82, 2.24) is 9.55 Å². The lowest BCUT2D eigenvalue weighted by Crippen LogP contribution is -2.02. The van der Waals surface area contributed by atoms with Crippen LogP contribution < -0.4 is 4.74 Å². The van der Waals surface area contributed by atoms with E-state index in [2.05, 4.69) is 11.6 Å². The van der Waals surface area contributed by atoms with E-state index in [0.717, 1.165) is 5.56 Å². The average Bonchev–Trinajstić information content (AvgIpc) is 3.09. The van der Waals surface area contributed by atoms with Gasteiger partial charge in [0.05, 0.1) is 12.0 Å². The van der Waals surface area contributed by atoms with Gasteiger partial charge in [-0.2, -0.15) is 0 Å². The van der Waals surface area contributed by atoms with E-state index < -0.39 is 0 Å². The highest BCUT2D eigenvalue weighted by molar-refractivity contribution is 6.35. The zero-order valence-corrected chi connectivity index (χ0v) is 14.1. The first-order valence-corrected chi connectivity index (χ1v) is 7.84. The summed E-state index contributed by atoms with van der Waals surface area (Å²) in [6.07, 6.45) is 4.94. The first-order valence-electron chi connectivity index (χ1n) is 7.08. The van der Waals surface area contributed by atoms with Crippen LogP contribution in [-0.2, 0) is 6.61 Å². The Labute approximate surface area is 148 Å². The zero-order valence-electron chi connectivity index (χ0n) is 12.5. The van der Waals surface area contributed by atoms with Gasteiger partial charge in [-0.1, -0.05) is 35.8 Å². The summed E-state index contributed by atoms with van der Waals surface area (Å²) >= 11 is 12.0. The molecule has 0 aliphatic heterocycles. The van der Waals surface area contributed by atoms with Gasteiger partial charge in [0.25, 0.3) is 0 Å². The van der Waals surface area contributed by atoms with E-state index >= 15 is 0 Å². The van der Waals surface area contributed by atoms with Crippen molar-refractivity contribution in [2.75, 3.05) is 0 Å². The molecule has 3 aromatic rings. The maximum absolute atomic E-state index is 13.7. The molecule has 0 fully saturated rings.